The summed E-state index contributed by atoms with van der Waals surface area (Å²) in [6, 6.07) is 0. The molecule has 2 aliphatic rings. The number of methoxy groups -OCH3 is 2. The van der Waals surface area contributed by atoms with Crippen LogP contribution in [0.4, 0.5) is 0 Å². The second-order valence-electron chi connectivity index (χ2n) is 10.9. The third-order valence-electron chi connectivity index (χ3n) is 8.08. The molecule has 0 saturated carbocycles. The summed E-state index contributed by atoms with van der Waals surface area (Å²) in [7, 11) is 2.79. The summed E-state index contributed by atoms with van der Waals surface area (Å²) in [4.78, 5) is 12.9. The van der Waals surface area contributed by atoms with Crippen molar-refractivity contribution in [2.75, 3.05) is 20.8 Å². The molecule has 2 aliphatic heterocycles. The minimum absolute atomic E-state index is 0.00603. The van der Waals surface area contributed by atoms with Crippen molar-refractivity contribution >= 4 is 5.97 Å². The molecule has 216 valence electrons. The fourth-order valence-electron chi connectivity index (χ4n) is 5.10. The number of fused-ring (bicyclic) bond motifs is 2. The summed E-state index contributed by atoms with van der Waals surface area (Å²) in [5.41, 5.74) is -0.816. The summed E-state index contributed by atoms with van der Waals surface area (Å²) in [6.45, 7) is 6.65. The number of carbonyl (C=O) groups is 1. The Hall–Kier alpha value is -1.15. The average molecular weight is 535 g/mol. The molecule has 0 aromatic carbocycles. The van der Waals surface area contributed by atoms with Gasteiger partial charge in [0, 0.05) is 57.8 Å². The van der Waals surface area contributed by atoms with Gasteiger partial charge in [0.15, 0.2) is 6.10 Å². The fourth-order valence-corrected chi connectivity index (χ4v) is 5.10. The van der Waals surface area contributed by atoms with E-state index in [2.05, 4.69) is 0 Å². The molecular formula is C26H46O11. The fraction of sp³-hybridized carbons (Fsp3) is 0.885. The Bertz CT molecular complexity index is 768. The molecule has 2 rings (SSSR count). The number of ether oxygens (including phenoxy) is 4. The van der Waals surface area contributed by atoms with E-state index in [1.807, 2.05) is 6.92 Å². The Balaban J connectivity index is 2.52. The summed E-state index contributed by atoms with van der Waals surface area (Å²) in [6.07, 6.45) is -7.30. The van der Waals surface area contributed by atoms with E-state index in [1.165, 1.54) is 14.2 Å². The Morgan fingerprint density at radius 2 is 1.76 bits per heavy atom. The van der Waals surface area contributed by atoms with Gasteiger partial charge in [0.25, 0.3) is 0 Å². The normalized spacial score (nSPS) is 41.0. The van der Waals surface area contributed by atoms with Gasteiger partial charge in [-0.2, -0.15) is 0 Å². The zero-order chi connectivity index (χ0) is 28.1. The number of rotatable bonds is 6. The highest BCUT2D eigenvalue weighted by Crippen LogP contribution is 2.46. The van der Waals surface area contributed by atoms with Gasteiger partial charge in [-0.25, -0.2) is 4.79 Å². The van der Waals surface area contributed by atoms with Crippen molar-refractivity contribution in [3.8, 4) is 0 Å². The second-order valence-corrected chi connectivity index (χ2v) is 10.9. The molecule has 0 aromatic heterocycles. The summed E-state index contributed by atoms with van der Waals surface area (Å²) >= 11 is 0. The SMILES string of the molecule is CC[C@H](C=C(C)[C@@H]1C[C@@H](OC)C[C@H](O)C(C)(C)[C@@]2(O)O[C@@H](C[C@@H](O)[C@H](O)C(=O)O1)C[C@@H](OC)[C@H]2O)CO. The van der Waals surface area contributed by atoms with Gasteiger partial charge >= 0.3 is 5.97 Å². The first-order valence-electron chi connectivity index (χ1n) is 12.9. The zero-order valence-electron chi connectivity index (χ0n) is 22.7. The van der Waals surface area contributed by atoms with Gasteiger partial charge in [-0.15, -0.1) is 0 Å². The molecule has 10 atom stereocenters. The number of aliphatic hydroxyl groups is 6. The van der Waals surface area contributed by atoms with Gasteiger partial charge in [0.1, 0.15) is 12.2 Å². The van der Waals surface area contributed by atoms with Crippen molar-refractivity contribution in [3.63, 3.8) is 0 Å². The lowest BCUT2D eigenvalue weighted by Gasteiger charge is -2.53. The Morgan fingerprint density at radius 3 is 2.30 bits per heavy atom. The molecule has 0 aliphatic carbocycles. The van der Waals surface area contributed by atoms with Crippen LogP contribution >= 0.6 is 0 Å². The summed E-state index contributed by atoms with van der Waals surface area (Å²) in [5.74, 6) is -3.51. The molecule has 0 spiro atoms. The van der Waals surface area contributed by atoms with Crippen LogP contribution in [0.2, 0.25) is 0 Å². The molecule has 11 heteroatoms. The molecule has 2 heterocycles. The highest BCUT2D eigenvalue weighted by atomic mass is 16.7. The van der Waals surface area contributed by atoms with E-state index in [4.69, 9.17) is 18.9 Å². The molecule has 11 nitrogen and oxygen atoms in total. The summed E-state index contributed by atoms with van der Waals surface area (Å²) in [5, 5.41) is 64.7. The number of hydrogen-bond donors (Lipinski definition) is 6. The monoisotopic (exact) mass is 534 g/mol. The molecule has 0 unspecified atom stereocenters. The molecule has 0 amide bonds. The predicted molar refractivity (Wildman–Crippen MR) is 132 cm³/mol. The standard InChI is InChI=1S/C26H46O11/c1-7-15(13-27)8-14(2)19-10-16(34-5)12-21(29)25(3,4)26(33)23(31)20(35-6)11-17(37-26)9-18(28)22(30)24(32)36-19/h8,15-23,27-31,33H,7,9-13H2,1-6H3/t15-,16-,17+,18-,19+,20-,21+,22+,23-,26+/m1/s1. The van der Waals surface area contributed by atoms with Crippen LogP contribution in [0.3, 0.4) is 0 Å². The third kappa shape index (κ3) is 7.09. The molecule has 0 radical (unpaired) electrons. The van der Waals surface area contributed by atoms with E-state index >= 15 is 0 Å². The molecule has 37 heavy (non-hydrogen) atoms. The van der Waals surface area contributed by atoms with Crippen LogP contribution in [0, 0.1) is 11.3 Å². The van der Waals surface area contributed by atoms with E-state index in [0.29, 0.717) is 12.0 Å². The molecule has 2 saturated heterocycles. The lowest BCUT2D eigenvalue weighted by molar-refractivity contribution is -0.379. The number of hydrogen-bond acceptors (Lipinski definition) is 11. The van der Waals surface area contributed by atoms with Crippen LogP contribution in [0.1, 0.15) is 59.8 Å². The van der Waals surface area contributed by atoms with E-state index in [-0.39, 0.29) is 38.2 Å². The van der Waals surface area contributed by atoms with E-state index in [9.17, 15) is 35.4 Å². The highest BCUT2D eigenvalue weighted by Gasteiger charge is 2.60. The first-order valence-corrected chi connectivity index (χ1v) is 12.9. The molecule has 6 N–H and O–H groups in total. The Labute approximate surface area is 219 Å². The van der Waals surface area contributed by atoms with E-state index in [0.717, 1.165) is 0 Å². The van der Waals surface area contributed by atoms with Crippen LogP contribution in [-0.2, 0) is 23.7 Å². The van der Waals surface area contributed by atoms with Crippen molar-refractivity contribution in [2.24, 2.45) is 11.3 Å². The van der Waals surface area contributed by atoms with Crippen molar-refractivity contribution in [3.05, 3.63) is 11.6 Å². The van der Waals surface area contributed by atoms with Crippen molar-refractivity contribution in [1.82, 2.24) is 0 Å². The smallest absolute Gasteiger partial charge is 0.338 e. The zero-order valence-corrected chi connectivity index (χ0v) is 22.7. The van der Waals surface area contributed by atoms with Gasteiger partial charge < -0.3 is 49.6 Å². The lowest BCUT2D eigenvalue weighted by atomic mass is 9.70. The third-order valence-corrected chi connectivity index (χ3v) is 8.08. The number of esters is 1. The molecular weight excluding hydrogens is 488 g/mol. The average Bonchev–Trinajstić information content (AvgIpc) is 2.86. The highest BCUT2D eigenvalue weighted by molar-refractivity contribution is 5.75. The second kappa shape index (κ2) is 13.3. The van der Waals surface area contributed by atoms with Crippen molar-refractivity contribution in [1.29, 1.82) is 0 Å². The quantitative estimate of drug-likeness (QED) is 0.200. The maximum Gasteiger partial charge on any atom is 0.338 e. The van der Waals surface area contributed by atoms with Crippen LogP contribution in [-0.4, -0.2) is 112 Å². The van der Waals surface area contributed by atoms with Gasteiger partial charge in [-0.05, 0) is 18.9 Å². The van der Waals surface area contributed by atoms with E-state index in [1.54, 1.807) is 26.8 Å². The number of carbonyl (C=O) groups excluding carboxylic acids is 1. The molecule has 2 bridgehead atoms. The first kappa shape index (κ1) is 32.1. The first-order chi connectivity index (χ1) is 17.2. The maximum atomic E-state index is 12.9. The number of cyclic esters (lactones) is 1. The van der Waals surface area contributed by atoms with Gasteiger partial charge in [-0.1, -0.05) is 26.8 Å². The Morgan fingerprint density at radius 1 is 1.11 bits per heavy atom. The predicted octanol–water partition coefficient (Wildman–Crippen LogP) is 0.0242. The maximum absolute atomic E-state index is 12.9. The van der Waals surface area contributed by atoms with Crippen LogP contribution < -0.4 is 0 Å². The van der Waals surface area contributed by atoms with Crippen molar-refractivity contribution in [2.45, 2.75) is 114 Å². The van der Waals surface area contributed by atoms with Crippen LogP contribution in [0.5, 0.6) is 0 Å². The number of aliphatic hydroxyl groups excluding tert-OH is 5. The topological polar surface area (TPSA) is 175 Å². The molecule has 0 aromatic rings. The largest absolute Gasteiger partial charge is 0.456 e. The van der Waals surface area contributed by atoms with E-state index < -0.39 is 66.0 Å². The van der Waals surface area contributed by atoms with Gasteiger partial charge in [-0.3, -0.25) is 0 Å². The minimum atomic E-state index is -2.28. The lowest BCUT2D eigenvalue weighted by Crippen LogP contribution is -2.68. The van der Waals surface area contributed by atoms with Crippen LogP contribution in [0.25, 0.3) is 0 Å². The minimum Gasteiger partial charge on any atom is -0.456 e. The molecule has 2 fully saturated rings. The van der Waals surface area contributed by atoms with Gasteiger partial charge in [0.2, 0.25) is 5.79 Å². The van der Waals surface area contributed by atoms with Crippen LogP contribution in [0.15, 0.2) is 11.6 Å². The van der Waals surface area contributed by atoms with Crippen molar-refractivity contribution < 1.29 is 54.4 Å². The Kier molecular flexibility index (Phi) is 11.5. The van der Waals surface area contributed by atoms with Gasteiger partial charge in [0.05, 0.1) is 30.5 Å². The summed E-state index contributed by atoms with van der Waals surface area (Å²) < 4.78 is 22.4.